The summed E-state index contributed by atoms with van der Waals surface area (Å²) < 4.78 is 0. The molecule has 9 nitrogen and oxygen atoms in total. The van der Waals surface area contributed by atoms with Crippen LogP contribution in [0.1, 0.15) is 28.4 Å². The normalized spacial score (nSPS) is 11.6. The van der Waals surface area contributed by atoms with E-state index in [1.54, 1.807) is 36.4 Å². The molecule has 6 N–H and O–H groups in total. The lowest BCUT2D eigenvalue weighted by atomic mass is 10.0. The van der Waals surface area contributed by atoms with Gasteiger partial charge in [-0.05, 0) is 42.2 Å². The number of anilines is 1. The largest absolute Gasteiger partial charge is 0.481 e. The fraction of sp³-hybridized carbons (Fsp3) is 0.200. The third kappa shape index (κ3) is 7.13. The molecule has 1 atom stereocenters. The average molecular weight is 430 g/mol. The van der Waals surface area contributed by atoms with E-state index in [0.29, 0.717) is 16.8 Å². The molecule has 0 aromatic heterocycles. The number of rotatable bonds is 10. The van der Waals surface area contributed by atoms with Crippen molar-refractivity contribution < 1.29 is 19.5 Å². The smallest absolute Gasteiger partial charge is 0.305 e. The lowest BCUT2D eigenvalue weighted by Gasteiger charge is -2.18. The fourth-order valence-electron chi connectivity index (χ4n) is 2.66. The van der Waals surface area contributed by atoms with Crippen molar-refractivity contribution in [2.75, 3.05) is 18.1 Å². The molecule has 0 aliphatic rings. The number of thioether (sulfide) groups is 1. The van der Waals surface area contributed by atoms with E-state index < -0.39 is 23.8 Å². The zero-order chi connectivity index (χ0) is 21.9. The van der Waals surface area contributed by atoms with Gasteiger partial charge in [0.05, 0.1) is 19.0 Å². The Bertz CT molecular complexity index is 935. The molecule has 0 heterocycles. The Kier molecular flexibility index (Phi) is 8.70. The molecule has 2 rings (SSSR count). The number of nitrogens with zero attached hydrogens (tertiary/aromatic N) is 1. The number of benzene rings is 2. The second kappa shape index (κ2) is 11.5. The maximum Gasteiger partial charge on any atom is 0.305 e. The number of amides is 2. The Morgan fingerprint density at radius 3 is 2.67 bits per heavy atom. The quantitative estimate of drug-likeness (QED) is 0.127. The molecule has 0 saturated carbocycles. The van der Waals surface area contributed by atoms with E-state index in [0.717, 1.165) is 4.90 Å². The van der Waals surface area contributed by atoms with Crippen molar-refractivity contribution in [3.8, 4) is 0 Å². The molecular formula is C20H23N5O4S. The van der Waals surface area contributed by atoms with Crippen LogP contribution in [0.5, 0.6) is 0 Å². The Morgan fingerprint density at radius 2 is 1.97 bits per heavy atom. The van der Waals surface area contributed by atoms with E-state index in [9.17, 15) is 19.5 Å². The Morgan fingerprint density at radius 1 is 1.20 bits per heavy atom. The van der Waals surface area contributed by atoms with Gasteiger partial charge in [0.25, 0.3) is 5.91 Å². The number of carboxylic acid groups (broad SMARTS) is 1. The maximum absolute atomic E-state index is 12.3. The molecule has 30 heavy (non-hydrogen) atoms. The molecule has 0 fully saturated rings. The summed E-state index contributed by atoms with van der Waals surface area (Å²) >= 11 is 1.52. The third-order valence-electron chi connectivity index (χ3n) is 4.05. The lowest BCUT2D eigenvalue weighted by molar-refractivity contribution is -0.137. The Labute approximate surface area is 178 Å². The number of hydrazone groups is 1. The summed E-state index contributed by atoms with van der Waals surface area (Å²) in [6.07, 6.45) is 2.92. The van der Waals surface area contributed by atoms with Crippen LogP contribution < -0.4 is 21.8 Å². The summed E-state index contributed by atoms with van der Waals surface area (Å²) in [4.78, 5) is 36.8. The van der Waals surface area contributed by atoms with Crippen molar-refractivity contribution in [2.45, 2.75) is 17.4 Å². The Balaban J connectivity index is 1.99. The first-order chi connectivity index (χ1) is 14.4. The number of carbonyl (C=O) groups excluding carboxylic acids is 2. The second-order valence-electron chi connectivity index (χ2n) is 6.18. The molecule has 2 amide bonds. The van der Waals surface area contributed by atoms with Crippen LogP contribution in [0.2, 0.25) is 0 Å². The van der Waals surface area contributed by atoms with E-state index in [2.05, 4.69) is 21.1 Å². The van der Waals surface area contributed by atoms with Crippen LogP contribution in [0.25, 0.3) is 0 Å². The van der Waals surface area contributed by atoms with Gasteiger partial charge in [-0.1, -0.05) is 18.2 Å². The van der Waals surface area contributed by atoms with Crippen LogP contribution in [-0.2, 0) is 9.59 Å². The molecule has 0 bridgehead atoms. The molecule has 10 heteroatoms. The van der Waals surface area contributed by atoms with Crippen LogP contribution >= 0.6 is 11.8 Å². The standard InChI is InChI=1S/C20H23N5O4S/c1-30-16-7-3-4-13(9-16)17(10-19(27)28)25-18(26)11-22-20(29)14-5-2-6-15(8-14)23-12-24-21/h2-9,12,17H,10-11,21H2,1H3,(H,22,29)(H,23,24)(H,25,26)(H,27,28). The monoisotopic (exact) mass is 429 g/mol. The predicted molar refractivity (Wildman–Crippen MR) is 116 cm³/mol. The molecular weight excluding hydrogens is 406 g/mol. The highest BCUT2D eigenvalue weighted by Gasteiger charge is 2.19. The van der Waals surface area contributed by atoms with Crippen molar-refractivity contribution in [3.63, 3.8) is 0 Å². The van der Waals surface area contributed by atoms with Gasteiger partial charge < -0.3 is 26.9 Å². The Hall–Kier alpha value is -3.53. The van der Waals surface area contributed by atoms with Gasteiger partial charge in [-0.2, -0.15) is 5.10 Å². The summed E-state index contributed by atoms with van der Waals surface area (Å²) in [5.74, 6) is 3.05. The van der Waals surface area contributed by atoms with Crippen molar-refractivity contribution in [1.29, 1.82) is 0 Å². The first kappa shape index (κ1) is 22.8. The highest BCUT2D eigenvalue weighted by Crippen LogP contribution is 2.22. The van der Waals surface area contributed by atoms with Gasteiger partial charge in [-0.15, -0.1) is 11.8 Å². The minimum absolute atomic E-state index is 0.270. The molecule has 0 spiro atoms. The summed E-state index contributed by atoms with van der Waals surface area (Å²) in [6.45, 7) is -0.293. The number of hydrogen-bond acceptors (Lipinski definition) is 6. The highest BCUT2D eigenvalue weighted by molar-refractivity contribution is 7.98. The number of aliphatic carboxylic acids is 1. The highest BCUT2D eigenvalue weighted by atomic mass is 32.2. The summed E-state index contributed by atoms with van der Waals surface area (Å²) in [5.41, 5.74) is 1.63. The minimum atomic E-state index is -1.04. The third-order valence-corrected chi connectivity index (χ3v) is 4.78. The lowest BCUT2D eigenvalue weighted by Crippen LogP contribution is -2.39. The van der Waals surface area contributed by atoms with Crippen molar-refractivity contribution in [3.05, 3.63) is 59.7 Å². The topological polar surface area (TPSA) is 146 Å². The first-order valence-corrected chi connectivity index (χ1v) is 10.2. The number of nitrogens with one attached hydrogen (secondary N) is 3. The van der Waals surface area contributed by atoms with Gasteiger partial charge >= 0.3 is 5.97 Å². The summed E-state index contributed by atoms with van der Waals surface area (Å²) in [7, 11) is 0. The second-order valence-corrected chi connectivity index (χ2v) is 7.06. The van der Waals surface area contributed by atoms with Crippen molar-refractivity contribution in [2.24, 2.45) is 10.9 Å². The summed E-state index contributed by atoms with van der Waals surface area (Å²) in [5, 5.41) is 20.5. The van der Waals surface area contributed by atoms with Gasteiger partial charge in [-0.25, -0.2) is 0 Å². The van der Waals surface area contributed by atoms with Crippen LogP contribution in [0.3, 0.4) is 0 Å². The van der Waals surface area contributed by atoms with Crippen molar-refractivity contribution in [1.82, 2.24) is 10.6 Å². The number of carboxylic acids is 1. The SMILES string of the molecule is CSc1cccc(C(CC(=O)O)NC(=O)CNC(=O)c2cccc(NC=NN)c2)c1. The molecule has 2 aromatic carbocycles. The van der Waals surface area contributed by atoms with Gasteiger partial charge in [0, 0.05) is 16.1 Å². The summed E-state index contributed by atoms with van der Waals surface area (Å²) in [6, 6.07) is 13.2. The van der Waals surface area contributed by atoms with E-state index in [1.165, 1.54) is 18.1 Å². The zero-order valence-corrected chi connectivity index (χ0v) is 17.1. The molecule has 158 valence electrons. The van der Waals surface area contributed by atoms with Gasteiger partial charge in [-0.3, -0.25) is 14.4 Å². The average Bonchev–Trinajstić information content (AvgIpc) is 2.75. The fourth-order valence-corrected chi connectivity index (χ4v) is 3.12. The predicted octanol–water partition coefficient (Wildman–Crippen LogP) is 1.78. The van der Waals surface area contributed by atoms with Gasteiger partial charge in [0.2, 0.25) is 5.91 Å². The number of nitrogens with two attached hydrogens (primary N) is 1. The van der Waals surface area contributed by atoms with E-state index in [-0.39, 0.29) is 13.0 Å². The number of hydrogen-bond donors (Lipinski definition) is 5. The zero-order valence-electron chi connectivity index (χ0n) is 16.3. The molecule has 0 aliphatic heterocycles. The van der Waals surface area contributed by atoms with E-state index >= 15 is 0 Å². The van der Waals surface area contributed by atoms with Crippen LogP contribution in [0, 0.1) is 0 Å². The molecule has 0 radical (unpaired) electrons. The van der Waals surface area contributed by atoms with Gasteiger partial charge in [0.15, 0.2) is 0 Å². The first-order valence-electron chi connectivity index (χ1n) is 8.94. The van der Waals surface area contributed by atoms with Crippen LogP contribution in [0.4, 0.5) is 5.69 Å². The minimum Gasteiger partial charge on any atom is -0.481 e. The van der Waals surface area contributed by atoms with Crippen molar-refractivity contribution >= 4 is 41.6 Å². The van der Waals surface area contributed by atoms with Crippen LogP contribution in [-0.4, -0.2) is 42.0 Å². The van der Waals surface area contributed by atoms with E-state index in [1.807, 2.05) is 18.4 Å². The number of carbonyl (C=O) groups is 3. The van der Waals surface area contributed by atoms with E-state index in [4.69, 9.17) is 5.84 Å². The van der Waals surface area contributed by atoms with Crippen LogP contribution in [0.15, 0.2) is 58.5 Å². The van der Waals surface area contributed by atoms with Gasteiger partial charge in [0.1, 0.15) is 6.34 Å². The molecule has 2 aromatic rings. The maximum atomic E-state index is 12.3. The molecule has 0 aliphatic carbocycles. The molecule has 1 unspecified atom stereocenters. The molecule has 0 saturated heterocycles.